The zero-order valence-electron chi connectivity index (χ0n) is 17.9. The van der Waals surface area contributed by atoms with Crippen molar-refractivity contribution in [2.24, 2.45) is 5.92 Å². The number of carbonyl (C=O) groups excluding carboxylic acids is 1. The first-order chi connectivity index (χ1) is 14.5. The van der Waals surface area contributed by atoms with E-state index in [0.29, 0.717) is 17.2 Å². The lowest BCUT2D eigenvalue weighted by Gasteiger charge is -2.20. The molecule has 0 bridgehead atoms. The molecule has 0 aliphatic heterocycles. The Morgan fingerprint density at radius 1 is 0.867 bits per heavy atom. The van der Waals surface area contributed by atoms with Crippen LogP contribution in [0.3, 0.4) is 0 Å². The molecule has 0 spiro atoms. The van der Waals surface area contributed by atoms with Crippen molar-refractivity contribution in [3.8, 4) is 11.5 Å². The number of carbonyl (C=O) groups is 1. The fourth-order valence-electron chi connectivity index (χ4n) is 4.21. The van der Waals surface area contributed by atoms with Gasteiger partial charge in [-0.1, -0.05) is 59.7 Å². The zero-order chi connectivity index (χ0) is 21.3. The Kier molecular flexibility index (Phi) is 5.25. The average molecular weight is 402 g/mol. The van der Waals surface area contributed by atoms with Gasteiger partial charge in [0.05, 0.1) is 25.8 Å². The van der Waals surface area contributed by atoms with Crippen molar-refractivity contribution in [3.05, 3.63) is 89.0 Å². The maximum absolute atomic E-state index is 13.3. The third-order valence-corrected chi connectivity index (χ3v) is 6.08. The van der Waals surface area contributed by atoms with Gasteiger partial charge in [0.15, 0.2) is 0 Å². The third kappa shape index (κ3) is 3.54. The molecule has 0 radical (unpaired) electrons. The Morgan fingerprint density at radius 3 is 1.93 bits per heavy atom. The summed E-state index contributed by atoms with van der Waals surface area (Å²) in [5.41, 5.74) is 5.13. The molecule has 1 aliphatic rings. The lowest BCUT2D eigenvalue weighted by molar-refractivity contribution is -0.117. The summed E-state index contributed by atoms with van der Waals surface area (Å²) < 4.78 is 10.7. The molecule has 0 unspecified atom stereocenters. The van der Waals surface area contributed by atoms with Crippen LogP contribution in [0.2, 0.25) is 0 Å². The van der Waals surface area contributed by atoms with Crippen LogP contribution in [-0.2, 0) is 10.2 Å². The predicted molar refractivity (Wildman–Crippen MR) is 119 cm³/mol. The molecule has 4 nitrogen and oxygen atoms in total. The maximum Gasteiger partial charge on any atom is 0.228 e. The molecule has 0 heterocycles. The van der Waals surface area contributed by atoms with E-state index in [4.69, 9.17) is 9.47 Å². The number of nitrogens with one attached hydrogen (secondary N) is 1. The van der Waals surface area contributed by atoms with E-state index in [9.17, 15) is 4.79 Å². The molecule has 1 fully saturated rings. The molecule has 1 saturated carbocycles. The topological polar surface area (TPSA) is 47.6 Å². The van der Waals surface area contributed by atoms with Crippen LogP contribution in [0.1, 0.15) is 28.7 Å². The molecule has 4 heteroatoms. The highest BCUT2D eigenvalue weighted by Crippen LogP contribution is 2.59. The van der Waals surface area contributed by atoms with Crippen molar-refractivity contribution < 1.29 is 14.3 Å². The van der Waals surface area contributed by atoms with Crippen LogP contribution in [0.4, 0.5) is 5.69 Å². The van der Waals surface area contributed by atoms with Crippen molar-refractivity contribution >= 4 is 11.6 Å². The Labute approximate surface area is 177 Å². The summed E-state index contributed by atoms with van der Waals surface area (Å²) in [4.78, 5) is 13.3. The Bertz CT molecular complexity index is 1010. The molecule has 1 aliphatic carbocycles. The average Bonchev–Trinajstić information content (AvgIpc) is 3.52. The summed E-state index contributed by atoms with van der Waals surface area (Å²) in [5.74, 6) is 1.12. The van der Waals surface area contributed by atoms with Gasteiger partial charge in [-0.3, -0.25) is 4.79 Å². The summed E-state index contributed by atoms with van der Waals surface area (Å²) in [6.45, 7) is 4.16. The van der Waals surface area contributed by atoms with E-state index in [2.05, 4.69) is 67.7 Å². The third-order valence-electron chi connectivity index (χ3n) is 6.08. The largest absolute Gasteiger partial charge is 0.497 e. The number of benzene rings is 3. The maximum atomic E-state index is 13.3. The quantitative estimate of drug-likeness (QED) is 0.612. The molecule has 1 N–H and O–H groups in total. The smallest absolute Gasteiger partial charge is 0.228 e. The van der Waals surface area contributed by atoms with Gasteiger partial charge < -0.3 is 14.8 Å². The van der Waals surface area contributed by atoms with Gasteiger partial charge in [-0.05, 0) is 43.5 Å². The first-order valence-electron chi connectivity index (χ1n) is 10.1. The Hall–Kier alpha value is -3.27. The standard InChI is InChI=1S/C26H27NO3/c1-17-5-9-19(10-6-17)26(20-11-7-18(2)8-12-20)16-22(26)25(28)27-23-14-13-21(29-3)15-24(23)30-4/h5-15,22H,16H2,1-4H3,(H,27,28)/t22-/m1/s1. The number of hydrogen-bond acceptors (Lipinski definition) is 3. The number of amides is 1. The monoisotopic (exact) mass is 401 g/mol. The van der Waals surface area contributed by atoms with Crippen molar-refractivity contribution in [1.29, 1.82) is 0 Å². The van der Waals surface area contributed by atoms with E-state index < -0.39 is 0 Å². The van der Waals surface area contributed by atoms with Crippen LogP contribution in [0.25, 0.3) is 0 Å². The van der Waals surface area contributed by atoms with Crippen molar-refractivity contribution in [1.82, 2.24) is 0 Å². The first kappa shape index (κ1) is 20.0. The summed E-state index contributed by atoms with van der Waals surface area (Å²) in [5, 5.41) is 3.07. The van der Waals surface area contributed by atoms with E-state index in [1.165, 1.54) is 22.3 Å². The predicted octanol–water partition coefficient (Wildman–Crippen LogP) is 5.27. The lowest BCUT2D eigenvalue weighted by atomic mass is 9.85. The van der Waals surface area contributed by atoms with Gasteiger partial charge in [-0.25, -0.2) is 0 Å². The van der Waals surface area contributed by atoms with Crippen LogP contribution < -0.4 is 14.8 Å². The first-order valence-corrected chi connectivity index (χ1v) is 10.1. The molecule has 3 aromatic rings. The summed E-state index contributed by atoms with van der Waals surface area (Å²) >= 11 is 0. The molecule has 154 valence electrons. The summed E-state index contributed by atoms with van der Waals surface area (Å²) in [6.07, 6.45) is 0.781. The highest BCUT2D eigenvalue weighted by Gasteiger charge is 2.60. The molecule has 1 atom stereocenters. The highest BCUT2D eigenvalue weighted by atomic mass is 16.5. The summed E-state index contributed by atoms with van der Waals surface area (Å²) in [6, 6.07) is 22.5. The van der Waals surface area contributed by atoms with Gasteiger partial charge in [0.25, 0.3) is 0 Å². The van der Waals surface area contributed by atoms with Crippen LogP contribution in [0.5, 0.6) is 11.5 Å². The van der Waals surface area contributed by atoms with Crippen LogP contribution >= 0.6 is 0 Å². The molecular formula is C26H27NO3. The van der Waals surface area contributed by atoms with Gasteiger partial charge in [0.2, 0.25) is 5.91 Å². The van der Waals surface area contributed by atoms with E-state index in [-0.39, 0.29) is 17.2 Å². The minimum absolute atomic E-state index is 0.000355. The Morgan fingerprint density at radius 2 is 1.43 bits per heavy atom. The number of ether oxygens (including phenoxy) is 2. The second-order valence-corrected chi connectivity index (χ2v) is 8.02. The van der Waals surface area contributed by atoms with Gasteiger partial charge >= 0.3 is 0 Å². The van der Waals surface area contributed by atoms with Gasteiger partial charge in [0, 0.05) is 11.5 Å². The molecular weight excluding hydrogens is 374 g/mol. The van der Waals surface area contributed by atoms with E-state index in [1.807, 2.05) is 12.1 Å². The van der Waals surface area contributed by atoms with E-state index in [1.54, 1.807) is 20.3 Å². The van der Waals surface area contributed by atoms with E-state index >= 15 is 0 Å². The minimum atomic E-state index is -0.300. The molecule has 3 aromatic carbocycles. The fourth-order valence-corrected chi connectivity index (χ4v) is 4.21. The van der Waals surface area contributed by atoms with Crippen molar-refractivity contribution in [3.63, 3.8) is 0 Å². The Balaban J connectivity index is 1.66. The lowest BCUT2D eigenvalue weighted by Crippen LogP contribution is -2.22. The van der Waals surface area contributed by atoms with Crippen molar-refractivity contribution in [2.45, 2.75) is 25.7 Å². The zero-order valence-corrected chi connectivity index (χ0v) is 17.9. The summed E-state index contributed by atoms with van der Waals surface area (Å²) in [7, 11) is 3.19. The second kappa shape index (κ2) is 7.86. The SMILES string of the molecule is COc1ccc(NC(=O)[C@H]2CC2(c2ccc(C)cc2)c2ccc(C)cc2)c(OC)c1. The molecule has 30 heavy (non-hydrogen) atoms. The minimum Gasteiger partial charge on any atom is -0.497 e. The molecule has 0 saturated heterocycles. The van der Waals surface area contributed by atoms with Gasteiger partial charge in [-0.2, -0.15) is 0 Å². The van der Waals surface area contributed by atoms with Gasteiger partial charge in [0.1, 0.15) is 11.5 Å². The van der Waals surface area contributed by atoms with Crippen molar-refractivity contribution in [2.75, 3.05) is 19.5 Å². The van der Waals surface area contributed by atoms with Crippen LogP contribution in [0, 0.1) is 19.8 Å². The van der Waals surface area contributed by atoms with Gasteiger partial charge in [-0.15, -0.1) is 0 Å². The van der Waals surface area contributed by atoms with Crippen LogP contribution in [-0.4, -0.2) is 20.1 Å². The van der Waals surface area contributed by atoms with Crippen LogP contribution in [0.15, 0.2) is 66.7 Å². The number of aryl methyl sites for hydroxylation is 2. The number of methoxy groups -OCH3 is 2. The molecule has 4 rings (SSSR count). The number of rotatable bonds is 6. The number of anilines is 1. The molecule has 0 aromatic heterocycles. The molecule has 1 amide bonds. The fraction of sp³-hybridized carbons (Fsp3) is 0.269. The normalized spacial score (nSPS) is 16.6. The number of hydrogen-bond donors (Lipinski definition) is 1. The second-order valence-electron chi connectivity index (χ2n) is 8.02. The van der Waals surface area contributed by atoms with E-state index in [0.717, 1.165) is 6.42 Å². The highest BCUT2D eigenvalue weighted by molar-refractivity contribution is 5.98.